The molecule has 0 N–H and O–H groups in total. The standard InChI is InChI=1S/C18H20N2O3S/c1-15(21)20-13-12-19(14-18(20)16-8-4-2-5-9-16)24(22,23)17-10-6-3-7-11-17/h2-11,18H,12-14H2,1H3/t18-/m0/s1. The van der Waals surface area contributed by atoms with Gasteiger partial charge < -0.3 is 4.90 Å². The lowest BCUT2D eigenvalue weighted by Gasteiger charge is -2.40. The second-order valence-corrected chi connectivity index (χ2v) is 7.75. The summed E-state index contributed by atoms with van der Waals surface area (Å²) >= 11 is 0. The molecule has 2 aromatic carbocycles. The van der Waals surface area contributed by atoms with E-state index in [9.17, 15) is 13.2 Å². The zero-order chi connectivity index (χ0) is 17.2. The average molecular weight is 344 g/mol. The van der Waals surface area contributed by atoms with Gasteiger partial charge in [0.25, 0.3) is 0 Å². The van der Waals surface area contributed by atoms with Crippen LogP contribution >= 0.6 is 0 Å². The van der Waals surface area contributed by atoms with Crippen LogP contribution in [0.15, 0.2) is 65.6 Å². The Morgan fingerprint density at radius 3 is 2.12 bits per heavy atom. The Hall–Kier alpha value is -2.18. The van der Waals surface area contributed by atoms with Gasteiger partial charge in [-0.25, -0.2) is 8.42 Å². The lowest BCUT2D eigenvalue weighted by Crippen LogP contribution is -2.51. The second kappa shape index (κ2) is 6.75. The molecule has 1 amide bonds. The Labute approximate surface area is 142 Å². The van der Waals surface area contributed by atoms with E-state index in [0.29, 0.717) is 13.1 Å². The normalized spacial score (nSPS) is 19.2. The molecule has 1 aliphatic heterocycles. The molecule has 2 aromatic rings. The minimum Gasteiger partial charge on any atom is -0.333 e. The van der Waals surface area contributed by atoms with Gasteiger partial charge in [0.1, 0.15) is 0 Å². The van der Waals surface area contributed by atoms with Gasteiger partial charge in [0.15, 0.2) is 0 Å². The van der Waals surface area contributed by atoms with Crippen molar-refractivity contribution in [2.45, 2.75) is 17.9 Å². The van der Waals surface area contributed by atoms with Crippen LogP contribution in [0.3, 0.4) is 0 Å². The van der Waals surface area contributed by atoms with Gasteiger partial charge in [-0.3, -0.25) is 4.79 Å². The number of sulfonamides is 1. The number of hydrogen-bond donors (Lipinski definition) is 0. The number of carbonyl (C=O) groups excluding carboxylic acids is 1. The molecule has 24 heavy (non-hydrogen) atoms. The molecule has 0 aliphatic carbocycles. The zero-order valence-corrected chi connectivity index (χ0v) is 14.3. The van der Waals surface area contributed by atoms with Crippen LogP contribution < -0.4 is 0 Å². The molecule has 0 unspecified atom stereocenters. The lowest BCUT2D eigenvalue weighted by atomic mass is 10.0. The SMILES string of the molecule is CC(=O)N1CCN(S(=O)(=O)c2ccccc2)C[C@H]1c1ccccc1. The van der Waals surface area contributed by atoms with Crippen molar-refractivity contribution in [3.05, 3.63) is 66.2 Å². The molecule has 1 fully saturated rings. The average Bonchev–Trinajstić information content (AvgIpc) is 2.62. The fourth-order valence-electron chi connectivity index (χ4n) is 3.06. The lowest BCUT2D eigenvalue weighted by molar-refractivity contribution is -0.133. The van der Waals surface area contributed by atoms with Crippen molar-refractivity contribution in [1.29, 1.82) is 0 Å². The summed E-state index contributed by atoms with van der Waals surface area (Å²) in [6.45, 7) is 2.49. The summed E-state index contributed by atoms with van der Waals surface area (Å²) in [5.41, 5.74) is 0.945. The summed E-state index contributed by atoms with van der Waals surface area (Å²) in [7, 11) is -3.56. The highest BCUT2D eigenvalue weighted by Crippen LogP contribution is 2.28. The zero-order valence-electron chi connectivity index (χ0n) is 13.5. The Morgan fingerprint density at radius 1 is 0.958 bits per heavy atom. The van der Waals surface area contributed by atoms with Crippen molar-refractivity contribution in [1.82, 2.24) is 9.21 Å². The van der Waals surface area contributed by atoms with Gasteiger partial charge in [-0.2, -0.15) is 4.31 Å². The Balaban J connectivity index is 1.92. The van der Waals surface area contributed by atoms with Gasteiger partial charge >= 0.3 is 0 Å². The highest BCUT2D eigenvalue weighted by atomic mass is 32.2. The maximum Gasteiger partial charge on any atom is 0.243 e. The topological polar surface area (TPSA) is 57.7 Å². The molecule has 0 spiro atoms. The summed E-state index contributed by atoms with van der Waals surface area (Å²) in [6, 6.07) is 17.7. The van der Waals surface area contributed by atoms with E-state index in [1.54, 1.807) is 35.2 Å². The summed E-state index contributed by atoms with van der Waals surface area (Å²) in [5, 5.41) is 0. The van der Waals surface area contributed by atoms with Crippen molar-refractivity contribution in [2.75, 3.05) is 19.6 Å². The predicted octanol–water partition coefficient (Wildman–Crippen LogP) is 2.28. The minimum absolute atomic E-state index is 0.0411. The van der Waals surface area contributed by atoms with Gasteiger partial charge in [0.05, 0.1) is 10.9 Å². The van der Waals surface area contributed by atoms with Crippen LogP contribution in [0.1, 0.15) is 18.5 Å². The van der Waals surface area contributed by atoms with Crippen LogP contribution in [0.5, 0.6) is 0 Å². The van der Waals surface area contributed by atoms with Crippen LogP contribution in [-0.2, 0) is 14.8 Å². The highest BCUT2D eigenvalue weighted by Gasteiger charge is 2.35. The molecule has 1 saturated heterocycles. The number of rotatable bonds is 3. The summed E-state index contributed by atoms with van der Waals surface area (Å²) in [4.78, 5) is 14.0. The van der Waals surface area contributed by atoms with Gasteiger partial charge in [-0.15, -0.1) is 0 Å². The van der Waals surface area contributed by atoms with Crippen LogP contribution in [0, 0.1) is 0 Å². The molecule has 6 heteroatoms. The van der Waals surface area contributed by atoms with E-state index in [1.165, 1.54) is 11.2 Å². The molecule has 1 atom stereocenters. The van der Waals surface area contributed by atoms with Crippen molar-refractivity contribution in [3.63, 3.8) is 0 Å². The van der Waals surface area contributed by atoms with Crippen molar-refractivity contribution in [3.8, 4) is 0 Å². The first-order valence-electron chi connectivity index (χ1n) is 7.87. The molecule has 0 aromatic heterocycles. The van der Waals surface area contributed by atoms with Gasteiger partial charge in [0.2, 0.25) is 15.9 Å². The van der Waals surface area contributed by atoms with E-state index in [-0.39, 0.29) is 23.4 Å². The fourth-order valence-corrected chi connectivity index (χ4v) is 4.51. The Bertz CT molecular complexity index is 807. The van der Waals surface area contributed by atoms with Crippen LogP contribution in [0.4, 0.5) is 0 Å². The maximum atomic E-state index is 12.9. The largest absolute Gasteiger partial charge is 0.333 e. The van der Waals surface area contributed by atoms with E-state index in [0.717, 1.165) is 5.56 Å². The smallest absolute Gasteiger partial charge is 0.243 e. The van der Waals surface area contributed by atoms with Crippen LogP contribution in [-0.4, -0.2) is 43.2 Å². The van der Waals surface area contributed by atoms with E-state index < -0.39 is 10.0 Å². The van der Waals surface area contributed by atoms with Crippen LogP contribution in [0.25, 0.3) is 0 Å². The van der Waals surface area contributed by atoms with E-state index in [1.807, 2.05) is 30.3 Å². The first-order chi connectivity index (χ1) is 11.5. The number of carbonyl (C=O) groups is 1. The maximum absolute atomic E-state index is 12.9. The third kappa shape index (κ3) is 3.20. The highest BCUT2D eigenvalue weighted by molar-refractivity contribution is 7.89. The molecule has 1 heterocycles. The van der Waals surface area contributed by atoms with Gasteiger partial charge in [0, 0.05) is 26.6 Å². The molecule has 126 valence electrons. The van der Waals surface area contributed by atoms with Gasteiger partial charge in [-0.05, 0) is 17.7 Å². The second-order valence-electron chi connectivity index (χ2n) is 5.81. The third-order valence-electron chi connectivity index (χ3n) is 4.31. The molecule has 5 nitrogen and oxygen atoms in total. The molecule has 3 rings (SSSR count). The first kappa shape index (κ1) is 16.7. The van der Waals surface area contributed by atoms with Gasteiger partial charge in [-0.1, -0.05) is 48.5 Å². The number of piperazine rings is 1. The van der Waals surface area contributed by atoms with Crippen molar-refractivity contribution >= 4 is 15.9 Å². The predicted molar refractivity (Wildman–Crippen MR) is 91.8 cm³/mol. The number of benzene rings is 2. The first-order valence-corrected chi connectivity index (χ1v) is 9.31. The minimum atomic E-state index is -3.56. The number of nitrogens with zero attached hydrogens (tertiary/aromatic N) is 2. The fraction of sp³-hybridized carbons (Fsp3) is 0.278. The molecular formula is C18H20N2O3S. The molecule has 0 bridgehead atoms. The number of amides is 1. The van der Waals surface area contributed by atoms with E-state index in [4.69, 9.17) is 0 Å². The van der Waals surface area contributed by atoms with Crippen LogP contribution in [0.2, 0.25) is 0 Å². The van der Waals surface area contributed by atoms with Crippen molar-refractivity contribution in [2.24, 2.45) is 0 Å². The third-order valence-corrected chi connectivity index (χ3v) is 6.19. The van der Waals surface area contributed by atoms with E-state index >= 15 is 0 Å². The Kier molecular flexibility index (Phi) is 4.69. The molecule has 1 aliphatic rings. The number of hydrogen-bond acceptors (Lipinski definition) is 3. The summed E-state index contributed by atoms with van der Waals surface area (Å²) in [5.74, 6) is -0.0411. The molecule has 0 saturated carbocycles. The summed E-state index contributed by atoms with van der Waals surface area (Å²) < 4.78 is 27.2. The molecular weight excluding hydrogens is 324 g/mol. The molecule has 0 radical (unpaired) electrons. The Morgan fingerprint density at radius 2 is 1.54 bits per heavy atom. The van der Waals surface area contributed by atoms with E-state index in [2.05, 4.69) is 0 Å². The quantitative estimate of drug-likeness (QED) is 0.858. The monoisotopic (exact) mass is 344 g/mol. The van der Waals surface area contributed by atoms with Crippen molar-refractivity contribution < 1.29 is 13.2 Å². The summed E-state index contributed by atoms with van der Waals surface area (Å²) in [6.07, 6.45) is 0.